The minimum atomic E-state index is -0.550. The molecule has 0 N–H and O–H groups in total. The van der Waals surface area contributed by atoms with Gasteiger partial charge in [0, 0.05) is 26.1 Å². The van der Waals surface area contributed by atoms with Gasteiger partial charge in [0.15, 0.2) is 11.6 Å². The molecule has 1 atom stereocenters. The van der Waals surface area contributed by atoms with Crippen LogP contribution in [-0.4, -0.2) is 55.3 Å². The predicted molar refractivity (Wildman–Crippen MR) is 115 cm³/mol. The number of amides is 2. The van der Waals surface area contributed by atoms with Crippen LogP contribution >= 0.6 is 0 Å². The van der Waals surface area contributed by atoms with Gasteiger partial charge in [-0.05, 0) is 57.7 Å². The predicted octanol–water partition coefficient (Wildman–Crippen LogP) is 3.46. The van der Waals surface area contributed by atoms with Gasteiger partial charge in [-0.1, -0.05) is 12.1 Å². The number of carbonyl (C=O) groups is 2. The zero-order valence-corrected chi connectivity index (χ0v) is 18.9. The number of aromatic nitrogens is 3. The number of nitrogens with zero attached hydrogens (tertiary/aromatic N) is 5. The van der Waals surface area contributed by atoms with Crippen molar-refractivity contribution in [1.29, 1.82) is 0 Å². The molecule has 0 radical (unpaired) electrons. The number of hydrogen-bond donors (Lipinski definition) is 0. The topological polar surface area (TPSA) is 80.6 Å². The van der Waals surface area contributed by atoms with Crippen molar-refractivity contribution in [3.05, 3.63) is 47.3 Å². The van der Waals surface area contributed by atoms with Crippen LogP contribution in [-0.2, 0) is 29.0 Å². The Morgan fingerprint density at radius 2 is 1.88 bits per heavy atom. The fraction of sp³-hybridized carbons (Fsp3) is 0.565. The molecule has 0 aliphatic carbocycles. The summed E-state index contributed by atoms with van der Waals surface area (Å²) in [4.78, 5) is 28.9. The van der Waals surface area contributed by atoms with E-state index in [-0.39, 0.29) is 23.9 Å². The van der Waals surface area contributed by atoms with E-state index in [4.69, 9.17) is 4.74 Å². The summed E-state index contributed by atoms with van der Waals surface area (Å²) in [6.45, 7) is 7.65. The second-order valence-corrected chi connectivity index (χ2v) is 9.40. The SMILES string of the molecule is CC(C)(C)OC(=O)N1CCn2c(nnc2[C@H]2CCCN2C(=O)CCc2ccc(F)cc2)C1. The molecule has 1 saturated heterocycles. The summed E-state index contributed by atoms with van der Waals surface area (Å²) >= 11 is 0. The fourth-order valence-electron chi connectivity index (χ4n) is 4.29. The third kappa shape index (κ3) is 4.92. The first-order chi connectivity index (χ1) is 15.2. The second kappa shape index (κ2) is 8.88. The molecule has 8 nitrogen and oxygen atoms in total. The van der Waals surface area contributed by atoms with Crippen molar-refractivity contribution < 1.29 is 18.7 Å². The lowest BCUT2D eigenvalue weighted by atomic mass is 10.1. The van der Waals surface area contributed by atoms with Gasteiger partial charge in [0.25, 0.3) is 0 Å². The smallest absolute Gasteiger partial charge is 0.410 e. The van der Waals surface area contributed by atoms with Crippen LogP contribution in [0.5, 0.6) is 0 Å². The first kappa shape index (κ1) is 22.2. The van der Waals surface area contributed by atoms with E-state index in [2.05, 4.69) is 10.2 Å². The Morgan fingerprint density at radius 1 is 1.12 bits per heavy atom. The maximum atomic E-state index is 13.1. The number of halogens is 1. The van der Waals surface area contributed by atoms with Crippen LogP contribution in [0.4, 0.5) is 9.18 Å². The third-order valence-corrected chi connectivity index (χ3v) is 5.85. The van der Waals surface area contributed by atoms with Gasteiger partial charge in [-0.15, -0.1) is 10.2 Å². The molecule has 0 bridgehead atoms. The number of rotatable bonds is 4. The Kier molecular flexibility index (Phi) is 6.17. The molecule has 3 heterocycles. The lowest BCUT2D eigenvalue weighted by Crippen LogP contribution is -2.42. The highest BCUT2D eigenvalue weighted by atomic mass is 19.1. The molecule has 1 aromatic heterocycles. The number of benzene rings is 1. The molecular weight excluding hydrogens is 413 g/mol. The minimum Gasteiger partial charge on any atom is -0.444 e. The molecule has 9 heteroatoms. The van der Waals surface area contributed by atoms with E-state index in [9.17, 15) is 14.0 Å². The van der Waals surface area contributed by atoms with E-state index in [1.54, 1.807) is 17.0 Å². The quantitative estimate of drug-likeness (QED) is 0.723. The lowest BCUT2D eigenvalue weighted by Gasteiger charge is -2.31. The van der Waals surface area contributed by atoms with Crippen LogP contribution in [0.15, 0.2) is 24.3 Å². The molecule has 2 aromatic rings. The highest BCUT2D eigenvalue weighted by Gasteiger charge is 2.36. The number of carbonyl (C=O) groups excluding carboxylic acids is 2. The Bertz CT molecular complexity index is 983. The number of hydrogen-bond acceptors (Lipinski definition) is 5. The molecule has 172 valence electrons. The molecule has 2 aliphatic rings. The van der Waals surface area contributed by atoms with Crippen LogP contribution in [0.3, 0.4) is 0 Å². The molecule has 2 amide bonds. The third-order valence-electron chi connectivity index (χ3n) is 5.85. The summed E-state index contributed by atoms with van der Waals surface area (Å²) in [5, 5.41) is 8.72. The van der Waals surface area contributed by atoms with E-state index in [1.807, 2.05) is 30.2 Å². The molecule has 32 heavy (non-hydrogen) atoms. The first-order valence-electron chi connectivity index (χ1n) is 11.1. The number of aryl methyl sites for hydroxylation is 1. The summed E-state index contributed by atoms with van der Waals surface area (Å²) in [5.74, 6) is 1.29. The summed E-state index contributed by atoms with van der Waals surface area (Å²) in [7, 11) is 0. The summed E-state index contributed by atoms with van der Waals surface area (Å²) < 4.78 is 20.6. The van der Waals surface area contributed by atoms with E-state index in [0.717, 1.165) is 24.2 Å². The standard InChI is InChI=1S/C23H30FN5O3/c1-23(2,3)32-22(31)27-13-14-29-19(15-27)25-26-21(29)18-5-4-12-28(18)20(30)11-8-16-6-9-17(24)10-7-16/h6-7,9-10,18H,4-5,8,11-15H2,1-3H3/t18-/m1/s1. The van der Waals surface area contributed by atoms with Gasteiger partial charge in [-0.25, -0.2) is 9.18 Å². The zero-order chi connectivity index (χ0) is 22.9. The van der Waals surface area contributed by atoms with Crippen LogP contribution in [0.1, 0.15) is 63.3 Å². The Balaban J connectivity index is 1.41. The van der Waals surface area contributed by atoms with Crippen molar-refractivity contribution in [3.63, 3.8) is 0 Å². The van der Waals surface area contributed by atoms with Gasteiger partial charge >= 0.3 is 6.09 Å². The Labute approximate surface area is 187 Å². The summed E-state index contributed by atoms with van der Waals surface area (Å²) in [6.07, 6.45) is 2.35. The Hall–Kier alpha value is -2.97. The van der Waals surface area contributed by atoms with Gasteiger partial charge in [-0.3, -0.25) is 9.69 Å². The van der Waals surface area contributed by atoms with Gasteiger partial charge in [0.1, 0.15) is 11.4 Å². The summed E-state index contributed by atoms with van der Waals surface area (Å²) in [5.41, 5.74) is 0.393. The molecule has 1 fully saturated rings. The van der Waals surface area contributed by atoms with Crippen molar-refractivity contribution in [2.75, 3.05) is 13.1 Å². The fourth-order valence-corrected chi connectivity index (χ4v) is 4.29. The first-order valence-corrected chi connectivity index (χ1v) is 11.1. The minimum absolute atomic E-state index is 0.0698. The molecule has 1 aromatic carbocycles. The number of likely N-dealkylation sites (tertiary alicyclic amines) is 1. The zero-order valence-electron chi connectivity index (χ0n) is 18.9. The van der Waals surface area contributed by atoms with Crippen LogP contribution < -0.4 is 0 Å². The van der Waals surface area contributed by atoms with E-state index in [0.29, 0.717) is 44.8 Å². The Morgan fingerprint density at radius 3 is 2.59 bits per heavy atom. The molecular formula is C23H30FN5O3. The van der Waals surface area contributed by atoms with Gasteiger partial charge in [0.05, 0.1) is 12.6 Å². The average molecular weight is 444 g/mol. The summed E-state index contributed by atoms with van der Waals surface area (Å²) in [6, 6.07) is 6.17. The number of fused-ring (bicyclic) bond motifs is 1. The average Bonchev–Trinajstić information content (AvgIpc) is 3.38. The molecule has 0 saturated carbocycles. The maximum Gasteiger partial charge on any atom is 0.410 e. The van der Waals surface area contributed by atoms with E-state index < -0.39 is 5.60 Å². The highest BCUT2D eigenvalue weighted by Crippen LogP contribution is 2.33. The van der Waals surface area contributed by atoms with E-state index >= 15 is 0 Å². The highest BCUT2D eigenvalue weighted by molar-refractivity contribution is 5.77. The van der Waals surface area contributed by atoms with E-state index in [1.165, 1.54) is 12.1 Å². The normalized spacial score (nSPS) is 18.6. The van der Waals surface area contributed by atoms with Gasteiger partial charge < -0.3 is 14.2 Å². The largest absolute Gasteiger partial charge is 0.444 e. The van der Waals surface area contributed by atoms with Crippen LogP contribution in [0.2, 0.25) is 0 Å². The lowest BCUT2D eigenvalue weighted by molar-refractivity contribution is -0.132. The van der Waals surface area contributed by atoms with Crippen LogP contribution in [0, 0.1) is 5.82 Å². The number of ether oxygens (including phenoxy) is 1. The van der Waals surface area contributed by atoms with Crippen molar-refractivity contribution >= 4 is 12.0 Å². The maximum absolute atomic E-state index is 13.1. The molecule has 2 aliphatic heterocycles. The van der Waals surface area contributed by atoms with Crippen molar-refractivity contribution in [2.24, 2.45) is 0 Å². The molecule has 4 rings (SSSR count). The van der Waals surface area contributed by atoms with Gasteiger partial charge in [0.2, 0.25) is 5.91 Å². The molecule has 0 unspecified atom stereocenters. The van der Waals surface area contributed by atoms with Crippen molar-refractivity contribution in [2.45, 2.75) is 71.2 Å². The van der Waals surface area contributed by atoms with Crippen molar-refractivity contribution in [3.8, 4) is 0 Å². The second-order valence-electron chi connectivity index (χ2n) is 9.40. The van der Waals surface area contributed by atoms with Crippen LogP contribution in [0.25, 0.3) is 0 Å². The molecule has 0 spiro atoms. The monoisotopic (exact) mass is 443 g/mol. The van der Waals surface area contributed by atoms with Crippen molar-refractivity contribution in [1.82, 2.24) is 24.6 Å². The van der Waals surface area contributed by atoms with Gasteiger partial charge in [-0.2, -0.15) is 0 Å².